The second-order valence-corrected chi connectivity index (χ2v) is 5.52. The first-order valence-corrected chi connectivity index (χ1v) is 7.56. The van der Waals surface area contributed by atoms with E-state index in [0.29, 0.717) is 0 Å². The summed E-state index contributed by atoms with van der Waals surface area (Å²) < 4.78 is 5.35. The molecule has 1 amide bonds. The molecule has 2 aromatic carbocycles. The van der Waals surface area contributed by atoms with E-state index in [1.54, 1.807) is 31.2 Å². The second-order valence-electron chi connectivity index (χ2n) is 5.52. The van der Waals surface area contributed by atoms with Crippen LogP contribution in [0.2, 0.25) is 0 Å². The maximum atomic E-state index is 12.5. The van der Waals surface area contributed by atoms with Crippen LogP contribution in [-0.2, 0) is 11.2 Å². The highest BCUT2D eigenvalue weighted by molar-refractivity contribution is 5.79. The third-order valence-corrected chi connectivity index (χ3v) is 4.07. The number of nitro groups is 1. The molecule has 0 bridgehead atoms. The Bertz CT molecular complexity index is 728. The molecule has 0 saturated carbocycles. The van der Waals surface area contributed by atoms with Crippen LogP contribution in [0, 0.1) is 10.1 Å². The van der Waals surface area contributed by atoms with E-state index < -0.39 is 4.92 Å². The van der Waals surface area contributed by atoms with Crippen molar-refractivity contribution in [2.24, 2.45) is 0 Å². The van der Waals surface area contributed by atoms with Gasteiger partial charge in [0.2, 0.25) is 5.91 Å². The first-order valence-electron chi connectivity index (χ1n) is 7.56. The summed E-state index contributed by atoms with van der Waals surface area (Å²) in [6.07, 6.45) is 0.188. The quantitative estimate of drug-likeness (QED) is 0.602. The van der Waals surface area contributed by atoms with Crippen molar-refractivity contribution in [1.82, 2.24) is 4.90 Å². The van der Waals surface area contributed by atoms with Crippen LogP contribution in [0.15, 0.2) is 48.5 Å². The Morgan fingerprint density at radius 1 is 1.21 bits per heavy atom. The number of benzene rings is 2. The van der Waals surface area contributed by atoms with Gasteiger partial charge in [0.15, 0.2) is 0 Å². The van der Waals surface area contributed by atoms with Crippen LogP contribution in [0.5, 0.6) is 5.75 Å². The smallest absolute Gasteiger partial charge is 0.269 e. The van der Waals surface area contributed by atoms with Crippen LogP contribution < -0.4 is 4.74 Å². The number of nitrogens with zero attached hydrogens (tertiary/aromatic N) is 2. The molecule has 6 heteroatoms. The number of carbonyl (C=O) groups is 1. The zero-order valence-electron chi connectivity index (χ0n) is 13.9. The minimum Gasteiger partial charge on any atom is -0.496 e. The standard InChI is InChI=1S/C18H20N2O4/c1-13(16-6-4-5-7-17(16)24-3)19(2)18(21)12-14-8-10-15(11-9-14)20(22)23/h4-11,13H,12H2,1-3H3. The molecule has 0 aliphatic rings. The molecule has 6 nitrogen and oxygen atoms in total. The molecule has 0 saturated heterocycles. The third kappa shape index (κ3) is 3.90. The normalized spacial score (nSPS) is 11.6. The predicted molar refractivity (Wildman–Crippen MR) is 91.0 cm³/mol. The van der Waals surface area contributed by atoms with E-state index >= 15 is 0 Å². The lowest BCUT2D eigenvalue weighted by Gasteiger charge is -2.26. The second kappa shape index (κ2) is 7.59. The molecule has 24 heavy (non-hydrogen) atoms. The van der Waals surface area contributed by atoms with Crippen LogP contribution >= 0.6 is 0 Å². The van der Waals surface area contributed by atoms with Gasteiger partial charge >= 0.3 is 0 Å². The summed E-state index contributed by atoms with van der Waals surface area (Å²) in [5.41, 5.74) is 1.69. The number of rotatable bonds is 6. The minimum atomic E-state index is -0.457. The van der Waals surface area contributed by atoms with Gasteiger partial charge in [-0.1, -0.05) is 30.3 Å². The maximum absolute atomic E-state index is 12.5. The molecule has 126 valence electrons. The summed E-state index contributed by atoms with van der Waals surface area (Å²) in [7, 11) is 3.34. The van der Waals surface area contributed by atoms with Gasteiger partial charge in [-0.15, -0.1) is 0 Å². The number of hydrogen-bond donors (Lipinski definition) is 0. The lowest BCUT2D eigenvalue weighted by molar-refractivity contribution is -0.384. The summed E-state index contributed by atoms with van der Waals surface area (Å²) in [5.74, 6) is 0.669. The molecular weight excluding hydrogens is 308 g/mol. The molecular formula is C18H20N2O4. The number of hydrogen-bond acceptors (Lipinski definition) is 4. The number of likely N-dealkylation sites (N-methyl/N-ethyl adjacent to an activating group) is 1. The SMILES string of the molecule is COc1ccccc1C(C)N(C)C(=O)Cc1ccc([N+](=O)[O-])cc1. The molecule has 0 heterocycles. The van der Waals surface area contributed by atoms with Crippen LogP contribution in [0.1, 0.15) is 24.1 Å². The summed E-state index contributed by atoms with van der Waals surface area (Å²) in [5, 5.41) is 10.7. The monoisotopic (exact) mass is 328 g/mol. The average Bonchev–Trinajstić information content (AvgIpc) is 2.60. The van der Waals surface area contributed by atoms with E-state index in [4.69, 9.17) is 4.74 Å². The molecule has 2 rings (SSSR count). The maximum Gasteiger partial charge on any atom is 0.269 e. The zero-order valence-corrected chi connectivity index (χ0v) is 13.9. The van der Waals surface area contributed by atoms with Gasteiger partial charge in [0, 0.05) is 24.7 Å². The molecule has 1 unspecified atom stereocenters. The number of non-ortho nitro benzene ring substituents is 1. The fraction of sp³-hybridized carbons (Fsp3) is 0.278. The fourth-order valence-corrected chi connectivity index (χ4v) is 2.47. The highest BCUT2D eigenvalue weighted by Gasteiger charge is 2.20. The van der Waals surface area contributed by atoms with Crippen molar-refractivity contribution >= 4 is 11.6 Å². The van der Waals surface area contributed by atoms with Crippen molar-refractivity contribution in [3.05, 3.63) is 69.8 Å². The number of para-hydroxylation sites is 1. The summed E-state index contributed by atoms with van der Waals surface area (Å²) in [4.78, 5) is 24.4. The topological polar surface area (TPSA) is 72.7 Å². The molecule has 2 aromatic rings. The lowest BCUT2D eigenvalue weighted by Crippen LogP contribution is -2.31. The van der Waals surface area contributed by atoms with Crippen LogP contribution in [0.3, 0.4) is 0 Å². The van der Waals surface area contributed by atoms with Crippen molar-refractivity contribution in [3.8, 4) is 5.75 Å². The Morgan fingerprint density at radius 3 is 2.42 bits per heavy atom. The fourth-order valence-electron chi connectivity index (χ4n) is 2.47. The van der Waals surface area contributed by atoms with Gasteiger partial charge in [0.25, 0.3) is 5.69 Å². The first-order chi connectivity index (χ1) is 11.4. The highest BCUT2D eigenvalue weighted by Crippen LogP contribution is 2.28. The first kappa shape index (κ1) is 17.5. The van der Waals surface area contributed by atoms with E-state index in [-0.39, 0.29) is 24.1 Å². The number of carbonyl (C=O) groups excluding carboxylic acids is 1. The van der Waals surface area contributed by atoms with Crippen molar-refractivity contribution < 1.29 is 14.5 Å². The van der Waals surface area contributed by atoms with Crippen molar-refractivity contribution in [2.45, 2.75) is 19.4 Å². The number of amides is 1. The molecule has 1 atom stereocenters. The van der Waals surface area contributed by atoms with Crippen LogP contribution in [-0.4, -0.2) is 29.9 Å². The molecule has 0 spiro atoms. The van der Waals surface area contributed by atoms with Gasteiger partial charge in [-0.2, -0.15) is 0 Å². The van der Waals surface area contributed by atoms with Crippen molar-refractivity contribution in [2.75, 3.05) is 14.2 Å². The predicted octanol–water partition coefficient (Wildman–Crippen LogP) is 3.37. The third-order valence-electron chi connectivity index (χ3n) is 4.07. The summed E-state index contributed by atoms with van der Waals surface area (Å²) in [6, 6.07) is 13.5. The van der Waals surface area contributed by atoms with E-state index in [0.717, 1.165) is 16.9 Å². The van der Waals surface area contributed by atoms with Crippen LogP contribution in [0.4, 0.5) is 5.69 Å². The van der Waals surface area contributed by atoms with Crippen molar-refractivity contribution in [1.29, 1.82) is 0 Å². The Labute approximate surface area is 140 Å². The van der Waals surface area contributed by atoms with Gasteiger partial charge < -0.3 is 9.64 Å². The zero-order chi connectivity index (χ0) is 17.7. The van der Waals surface area contributed by atoms with Crippen LogP contribution in [0.25, 0.3) is 0 Å². The summed E-state index contributed by atoms with van der Waals surface area (Å²) >= 11 is 0. The van der Waals surface area contributed by atoms with Gasteiger partial charge in [-0.3, -0.25) is 14.9 Å². The molecule has 0 aliphatic carbocycles. The van der Waals surface area contributed by atoms with E-state index in [9.17, 15) is 14.9 Å². The lowest BCUT2D eigenvalue weighted by atomic mass is 10.0. The number of ether oxygens (including phenoxy) is 1. The Kier molecular flexibility index (Phi) is 5.52. The minimum absolute atomic E-state index is 0.0157. The van der Waals surface area contributed by atoms with Gasteiger partial charge in [0.05, 0.1) is 24.5 Å². The van der Waals surface area contributed by atoms with Crippen molar-refractivity contribution in [3.63, 3.8) is 0 Å². The molecule has 0 N–H and O–H groups in total. The molecule has 0 aliphatic heterocycles. The molecule has 0 fully saturated rings. The Morgan fingerprint density at radius 2 is 1.83 bits per heavy atom. The van der Waals surface area contributed by atoms with Gasteiger partial charge in [0.1, 0.15) is 5.75 Å². The largest absolute Gasteiger partial charge is 0.496 e. The Balaban J connectivity index is 2.09. The average molecular weight is 328 g/mol. The van der Waals surface area contributed by atoms with E-state index in [1.807, 2.05) is 31.2 Å². The van der Waals surface area contributed by atoms with E-state index in [1.165, 1.54) is 12.1 Å². The Hall–Kier alpha value is -2.89. The number of nitro benzene ring substituents is 1. The summed E-state index contributed by atoms with van der Waals surface area (Å²) in [6.45, 7) is 1.94. The molecule has 0 radical (unpaired) electrons. The number of methoxy groups -OCH3 is 1. The van der Waals surface area contributed by atoms with E-state index in [2.05, 4.69) is 0 Å². The highest BCUT2D eigenvalue weighted by atomic mass is 16.6. The molecule has 0 aromatic heterocycles. The van der Waals surface area contributed by atoms with Gasteiger partial charge in [-0.05, 0) is 18.6 Å². The van der Waals surface area contributed by atoms with Gasteiger partial charge in [-0.25, -0.2) is 0 Å².